The summed E-state index contributed by atoms with van der Waals surface area (Å²) in [7, 11) is 2.13. The van der Waals surface area contributed by atoms with E-state index in [1.54, 1.807) is 18.2 Å². The molecular weight excluding hydrogens is 381 g/mol. The second-order valence-corrected chi connectivity index (χ2v) is 7.38. The smallest absolute Gasteiger partial charge is 0.186 e. The minimum absolute atomic E-state index is 0.444. The van der Waals surface area contributed by atoms with Gasteiger partial charge in [0.05, 0.1) is 15.6 Å². The summed E-state index contributed by atoms with van der Waals surface area (Å²) in [5, 5.41) is 9.90. The highest BCUT2D eigenvalue weighted by Gasteiger charge is 2.23. The summed E-state index contributed by atoms with van der Waals surface area (Å²) in [5.74, 6) is 1.26. The molecule has 2 aromatic carbocycles. The molecule has 2 heterocycles. The average Bonchev–Trinajstić information content (AvgIpc) is 2.69. The lowest BCUT2D eigenvalue weighted by Crippen LogP contribution is -2.45. The molecule has 0 aliphatic carbocycles. The minimum atomic E-state index is 0.444. The summed E-state index contributed by atoms with van der Waals surface area (Å²) >= 11 is 12.7. The molecule has 4 rings (SSSR count). The third kappa shape index (κ3) is 3.76. The quantitative estimate of drug-likeness (QED) is 0.657. The van der Waals surface area contributed by atoms with Crippen molar-refractivity contribution in [2.75, 3.05) is 38.1 Å². The van der Waals surface area contributed by atoms with E-state index in [-0.39, 0.29) is 0 Å². The summed E-state index contributed by atoms with van der Waals surface area (Å²) in [4.78, 5) is 9.41. The Balaban J connectivity index is 1.84. The fourth-order valence-corrected chi connectivity index (χ4v) is 3.72. The number of piperazine rings is 1. The molecule has 1 fully saturated rings. The van der Waals surface area contributed by atoms with Crippen molar-refractivity contribution in [3.63, 3.8) is 0 Å². The lowest BCUT2D eigenvalue weighted by Gasteiger charge is -2.34. The Labute approximate surface area is 168 Å². The van der Waals surface area contributed by atoms with Gasteiger partial charge in [0, 0.05) is 31.7 Å². The maximum atomic E-state index is 6.37. The van der Waals surface area contributed by atoms with E-state index in [0.29, 0.717) is 21.4 Å². The predicted octanol–water partition coefficient (Wildman–Crippen LogP) is 4.26. The van der Waals surface area contributed by atoms with Gasteiger partial charge in [0.1, 0.15) is 5.69 Å². The van der Waals surface area contributed by atoms with Gasteiger partial charge in [0.15, 0.2) is 11.6 Å². The van der Waals surface area contributed by atoms with E-state index < -0.39 is 0 Å². The number of aromatic nitrogens is 3. The molecule has 138 valence electrons. The van der Waals surface area contributed by atoms with Crippen LogP contribution in [0.15, 0.2) is 48.5 Å². The maximum Gasteiger partial charge on any atom is 0.186 e. The lowest BCUT2D eigenvalue weighted by atomic mass is 10.1. The van der Waals surface area contributed by atoms with Crippen LogP contribution in [-0.2, 0) is 0 Å². The summed E-state index contributed by atoms with van der Waals surface area (Å²) < 4.78 is 0. The zero-order chi connectivity index (χ0) is 18.8. The molecule has 0 atom stereocenters. The van der Waals surface area contributed by atoms with Crippen molar-refractivity contribution in [1.29, 1.82) is 0 Å². The third-order valence-electron chi connectivity index (χ3n) is 4.70. The van der Waals surface area contributed by atoms with Crippen LogP contribution in [0.3, 0.4) is 0 Å². The van der Waals surface area contributed by atoms with Gasteiger partial charge in [0.25, 0.3) is 0 Å². The highest BCUT2D eigenvalue weighted by Crippen LogP contribution is 2.35. The molecule has 27 heavy (non-hydrogen) atoms. The van der Waals surface area contributed by atoms with Crippen LogP contribution in [0.1, 0.15) is 0 Å². The molecule has 1 aromatic heterocycles. The fraction of sp³-hybridized carbons (Fsp3) is 0.250. The Morgan fingerprint density at radius 1 is 0.815 bits per heavy atom. The fourth-order valence-electron chi connectivity index (χ4n) is 3.16. The molecule has 1 saturated heterocycles. The highest BCUT2D eigenvalue weighted by molar-refractivity contribution is 6.38. The number of likely N-dealkylation sites (N-methyl/N-ethyl adjacent to an activating group) is 1. The molecule has 7 heteroatoms. The lowest BCUT2D eigenvalue weighted by molar-refractivity contribution is 0.312. The Morgan fingerprint density at radius 2 is 1.48 bits per heavy atom. The van der Waals surface area contributed by atoms with Crippen LogP contribution in [0.2, 0.25) is 10.0 Å². The molecule has 3 aromatic rings. The first-order chi connectivity index (χ1) is 13.1. The van der Waals surface area contributed by atoms with Crippen molar-refractivity contribution < 1.29 is 0 Å². The monoisotopic (exact) mass is 399 g/mol. The van der Waals surface area contributed by atoms with Gasteiger partial charge < -0.3 is 9.80 Å². The van der Waals surface area contributed by atoms with Crippen LogP contribution in [-0.4, -0.2) is 53.3 Å². The van der Waals surface area contributed by atoms with E-state index in [1.165, 1.54) is 0 Å². The van der Waals surface area contributed by atoms with Crippen LogP contribution in [0, 0.1) is 0 Å². The first kappa shape index (κ1) is 18.2. The first-order valence-corrected chi connectivity index (χ1v) is 9.57. The van der Waals surface area contributed by atoms with Crippen molar-refractivity contribution in [2.24, 2.45) is 0 Å². The van der Waals surface area contributed by atoms with E-state index >= 15 is 0 Å². The van der Waals surface area contributed by atoms with E-state index in [1.807, 2.05) is 30.3 Å². The van der Waals surface area contributed by atoms with Crippen molar-refractivity contribution in [2.45, 2.75) is 0 Å². The van der Waals surface area contributed by atoms with Crippen molar-refractivity contribution in [3.8, 4) is 22.6 Å². The minimum Gasteiger partial charge on any atom is -0.352 e. The van der Waals surface area contributed by atoms with Gasteiger partial charge in [-0.3, -0.25) is 0 Å². The maximum absolute atomic E-state index is 6.37. The molecule has 0 bridgehead atoms. The number of anilines is 1. The van der Waals surface area contributed by atoms with E-state index in [9.17, 15) is 0 Å². The molecule has 5 nitrogen and oxygen atoms in total. The number of halogens is 2. The van der Waals surface area contributed by atoms with E-state index in [0.717, 1.165) is 43.3 Å². The molecule has 0 N–H and O–H groups in total. The Hall–Kier alpha value is -2.21. The topological polar surface area (TPSA) is 45.2 Å². The molecule has 0 radical (unpaired) electrons. The SMILES string of the molecule is CN1CCN(c2nc(-c3c(Cl)cccc3Cl)nnc2-c2ccccc2)CC1. The standard InChI is InChI=1S/C20H19Cl2N5/c1-26-10-12-27(13-11-26)20-18(14-6-3-2-4-7-14)24-25-19(23-20)17-15(21)8-5-9-16(17)22/h2-9H,10-13H2,1H3. The van der Waals surface area contributed by atoms with Crippen molar-refractivity contribution >= 4 is 29.0 Å². The third-order valence-corrected chi connectivity index (χ3v) is 5.33. The predicted molar refractivity (Wildman–Crippen MR) is 110 cm³/mol. The second-order valence-electron chi connectivity index (χ2n) is 6.56. The summed E-state index contributed by atoms with van der Waals surface area (Å²) in [6.07, 6.45) is 0. The average molecular weight is 400 g/mol. The molecule has 1 aliphatic heterocycles. The summed E-state index contributed by atoms with van der Waals surface area (Å²) in [6.45, 7) is 3.70. The molecule has 1 aliphatic rings. The van der Waals surface area contributed by atoms with Gasteiger partial charge in [-0.2, -0.15) is 0 Å². The molecule has 0 spiro atoms. The normalized spacial score (nSPS) is 15.1. The molecule has 0 saturated carbocycles. The van der Waals surface area contributed by atoms with Gasteiger partial charge in [0.2, 0.25) is 0 Å². The second kappa shape index (κ2) is 7.80. The van der Waals surface area contributed by atoms with Gasteiger partial charge in [-0.1, -0.05) is 59.6 Å². The number of benzene rings is 2. The number of rotatable bonds is 3. The van der Waals surface area contributed by atoms with Crippen LogP contribution < -0.4 is 4.90 Å². The number of hydrogen-bond acceptors (Lipinski definition) is 5. The Bertz CT molecular complexity index is 920. The largest absolute Gasteiger partial charge is 0.352 e. The van der Waals surface area contributed by atoms with Gasteiger partial charge in [-0.15, -0.1) is 10.2 Å². The Morgan fingerprint density at radius 3 is 2.15 bits per heavy atom. The van der Waals surface area contributed by atoms with E-state index in [2.05, 4.69) is 27.0 Å². The van der Waals surface area contributed by atoms with Gasteiger partial charge in [-0.25, -0.2) is 4.98 Å². The molecular formula is C20H19Cl2N5. The van der Waals surface area contributed by atoms with Gasteiger partial charge in [-0.05, 0) is 19.2 Å². The Kier molecular flexibility index (Phi) is 5.25. The van der Waals surface area contributed by atoms with E-state index in [4.69, 9.17) is 28.2 Å². The zero-order valence-corrected chi connectivity index (χ0v) is 16.5. The first-order valence-electron chi connectivity index (χ1n) is 8.81. The zero-order valence-electron chi connectivity index (χ0n) is 14.9. The summed E-state index contributed by atoms with van der Waals surface area (Å²) in [6, 6.07) is 15.4. The number of hydrogen-bond donors (Lipinski definition) is 0. The number of nitrogens with zero attached hydrogens (tertiary/aromatic N) is 5. The van der Waals surface area contributed by atoms with Crippen LogP contribution in [0.4, 0.5) is 5.82 Å². The van der Waals surface area contributed by atoms with Gasteiger partial charge >= 0.3 is 0 Å². The van der Waals surface area contributed by atoms with Crippen molar-refractivity contribution in [3.05, 3.63) is 58.6 Å². The van der Waals surface area contributed by atoms with Crippen LogP contribution in [0.25, 0.3) is 22.6 Å². The van der Waals surface area contributed by atoms with Crippen molar-refractivity contribution in [1.82, 2.24) is 20.1 Å². The molecule has 0 unspecified atom stereocenters. The molecule has 0 amide bonds. The van der Waals surface area contributed by atoms with Crippen LogP contribution in [0.5, 0.6) is 0 Å². The summed E-state index contributed by atoms with van der Waals surface area (Å²) in [5.41, 5.74) is 2.37. The highest BCUT2D eigenvalue weighted by atomic mass is 35.5. The van der Waals surface area contributed by atoms with Crippen LogP contribution >= 0.6 is 23.2 Å².